The lowest BCUT2D eigenvalue weighted by Gasteiger charge is -2.22. The monoisotopic (exact) mass is 453 g/mol. The highest BCUT2D eigenvalue weighted by atomic mass is 35.5. The second kappa shape index (κ2) is 9.17. The smallest absolute Gasteiger partial charge is 0.261 e. The molecule has 0 radical (unpaired) electrons. The number of fused-ring (bicyclic) bond motifs is 2. The molecular weight excluding hydrogens is 433 g/mol. The number of thiazole rings is 1. The summed E-state index contributed by atoms with van der Waals surface area (Å²) in [6.45, 7) is 2.26. The van der Waals surface area contributed by atoms with Crippen LogP contribution in [-0.4, -0.2) is 56.2 Å². The molecule has 4 rings (SSSR count). The summed E-state index contributed by atoms with van der Waals surface area (Å²) < 4.78 is 12.3. The molecule has 3 aromatic rings. The van der Waals surface area contributed by atoms with Crippen molar-refractivity contribution in [1.29, 1.82) is 0 Å². The molecule has 1 aliphatic heterocycles. The van der Waals surface area contributed by atoms with E-state index in [1.807, 2.05) is 43.3 Å². The Hall–Kier alpha value is -2.06. The maximum atomic E-state index is 13.3. The van der Waals surface area contributed by atoms with E-state index in [4.69, 9.17) is 26.1 Å². The van der Waals surface area contributed by atoms with Gasteiger partial charge in [-0.3, -0.25) is 9.69 Å². The predicted octanol–water partition coefficient (Wildman–Crippen LogP) is 4.35. The number of carbonyl (C=O) groups is 1. The summed E-state index contributed by atoms with van der Waals surface area (Å²) in [4.78, 5) is 21.7. The van der Waals surface area contributed by atoms with E-state index in [2.05, 4.69) is 0 Å². The van der Waals surface area contributed by atoms with Crippen LogP contribution in [0.25, 0.3) is 10.2 Å². The molecule has 0 fully saturated rings. The molecule has 0 aliphatic carbocycles. The normalized spacial score (nSPS) is 12.7. The molecule has 2 aromatic carbocycles. The summed E-state index contributed by atoms with van der Waals surface area (Å²) in [5.74, 6) is 1.24. The van der Waals surface area contributed by atoms with Crippen LogP contribution in [0.15, 0.2) is 36.4 Å². The number of hydrogen-bond acceptors (Lipinski definition) is 6. The lowest BCUT2D eigenvalue weighted by Crippen LogP contribution is -2.36. The standard InChI is InChI=1S/C20H20ClN3O3S.ClH/c1-23(2)7-8-24(19(25)13-5-3-4-6-14(13)21)20-22-15-11-16-17(12-18(15)28-20)27-10-9-26-16;/h3-6,11-12H,7-10H2,1-2H3;1H. The summed E-state index contributed by atoms with van der Waals surface area (Å²) in [5, 5.41) is 1.06. The minimum Gasteiger partial charge on any atom is -0.486 e. The molecule has 0 saturated carbocycles. The van der Waals surface area contributed by atoms with Crippen LogP contribution in [0.4, 0.5) is 5.13 Å². The van der Waals surface area contributed by atoms with Crippen molar-refractivity contribution in [3.8, 4) is 11.5 Å². The second-order valence-electron chi connectivity index (χ2n) is 6.70. The number of aromatic nitrogens is 1. The molecule has 154 valence electrons. The van der Waals surface area contributed by atoms with Crippen molar-refractivity contribution in [2.24, 2.45) is 0 Å². The fourth-order valence-corrected chi connectivity index (χ4v) is 4.15. The van der Waals surface area contributed by atoms with Gasteiger partial charge in [0.15, 0.2) is 16.6 Å². The minimum atomic E-state index is -0.163. The third kappa shape index (κ3) is 4.59. The molecule has 1 amide bonds. The van der Waals surface area contributed by atoms with Crippen LogP contribution in [0.2, 0.25) is 5.02 Å². The molecule has 1 aliphatic rings. The maximum absolute atomic E-state index is 13.3. The Morgan fingerprint density at radius 2 is 1.83 bits per heavy atom. The predicted molar refractivity (Wildman–Crippen MR) is 120 cm³/mol. The average molecular weight is 454 g/mol. The topological polar surface area (TPSA) is 54.9 Å². The first kappa shape index (κ1) is 21.6. The van der Waals surface area contributed by atoms with Gasteiger partial charge in [0, 0.05) is 25.2 Å². The molecule has 6 nitrogen and oxygen atoms in total. The summed E-state index contributed by atoms with van der Waals surface area (Å²) in [5.41, 5.74) is 1.25. The zero-order valence-electron chi connectivity index (χ0n) is 16.1. The Labute approximate surface area is 184 Å². The van der Waals surface area contributed by atoms with Gasteiger partial charge in [0.05, 0.1) is 20.8 Å². The molecule has 2 heterocycles. The molecule has 0 bridgehead atoms. The minimum absolute atomic E-state index is 0. The number of rotatable bonds is 5. The van der Waals surface area contributed by atoms with Gasteiger partial charge in [0.2, 0.25) is 0 Å². The van der Waals surface area contributed by atoms with Gasteiger partial charge < -0.3 is 14.4 Å². The van der Waals surface area contributed by atoms with Crippen molar-refractivity contribution in [1.82, 2.24) is 9.88 Å². The second-order valence-corrected chi connectivity index (χ2v) is 8.12. The Balaban J connectivity index is 0.00000240. The zero-order chi connectivity index (χ0) is 19.7. The molecule has 9 heteroatoms. The van der Waals surface area contributed by atoms with Crippen LogP contribution in [0, 0.1) is 0 Å². The van der Waals surface area contributed by atoms with Crippen LogP contribution in [0.3, 0.4) is 0 Å². The molecule has 29 heavy (non-hydrogen) atoms. The van der Waals surface area contributed by atoms with Crippen LogP contribution < -0.4 is 14.4 Å². The van der Waals surface area contributed by atoms with E-state index in [-0.39, 0.29) is 18.3 Å². The number of halogens is 2. The lowest BCUT2D eigenvalue weighted by atomic mass is 10.2. The Morgan fingerprint density at radius 1 is 1.14 bits per heavy atom. The average Bonchev–Trinajstić information content (AvgIpc) is 3.08. The van der Waals surface area contributed by atoms with Gasteiger partial charge in [-0.1, -0.05) is 35.1 Å². The van der Waals surface area contributed by atoms with Crippen molar-refractivity contribution in [3.05, 3.63) is 47.0 Å². The third-order valence-electron chi connectivity index (χ3n) is 4.39. The van der Waals surface area contributed by atoms with Crippen molar-refractivity contribution in [2.45, 2.75) is 0 Å². The van der Waals surface area contributed by atoms with E-state index >= 15 is 0 Å². The van der Waals surface area contributed by atoms with Crippen LogP contribution in [0.1, 0.15) is 10.4 Å². The van der Waals surface area contributed by atoms with Gasteiger partial charge in [0.1, 0.15) is 13.2 Å². The Bertz CT molecular complexity index is 982. The number of benzene rings is 2. The van der Waals surface area contributed by atoms with Crippen molar-refractivity contribution >= 4 is 56.6 Å². The SMILES string of the molecule is CN(C)CCN(C(=O)c1ccccc1Cl)c1nc2cc3c(cc2s1)OCCO3.Cl. The van der Waals surface area contributed by atoms with Crippen molar-refractivity contribution in [3.63, 3.8) is 0 Å². The van der Waals surface area contributed by atoms with E-state index in [1.54, 1.807) is 17.0 Å². The van der Waals surface area contributed by atoms with Crippen molar-refractivity contribution in [2.75, 3.05) is 45.3 Å². The zero-order valence-corrected chi connectivity index (χ0v) is 18.4. The first-order chi connectivity index (χ1) is 13.5. The van der Waals surface area contributed by atoms with Crippen LogP contribution in [0.5, 0.6) is 11.5 Å². The van der Waals surface area contributed by atoms with E-state index in [9.17, 15) is 4.79 Å². The van der Waals surface area contributed by atoms with Gasteiger partial charge in [-0.05, 0) is 26.2 Å². The number of nitrogens with zero attached hydrogens (tertiary/aromatic N) is 3. The highest BCUT2D eigenvalue weighted by Gasteiger charge is 2.24. The summed E-state index contributed by atoms with van der Waals surface area (Å²) in [6.07, 6.45) is 0. The van der Waals surface area contributed by atoms with Crippen LogP contribution >= 0.6 is 35.3 Å². The van der Waals surface area contributed by atoms with Gasteiger partial charge in [-0.2, -0.15) is 0 Å². The summed E-state index contributed by atoms with van der Waals surface area (Å²) in [7, 11) is 3.94. The van der Waals surface area contributed by atoms with Gasteiger partial charge in [0.25, 0.3) is 5.91 Å². The first-order valence-corrected chi connectivity index (χ1v) is 10.1. The fourth-order valence-electron chi connectivity index (χ4n) is 2.93. The highest BCUT2D eigenvalue weighted by Crippen LogP contribution is 2.39. The summed E-state index contributed by atoms with van der Waals surface area (Å²) in [6, 6.07) is 10.9. The molecule has 0 N–H and O–H groups in total. The van der Waals surface area contributed by atoms with Crippen LogP contribution in [-0.2, 0) is 0 Å². The van der Waals surface area contributed by atoms with Gasteiger partial charge in [-0.15, -0.1) is 12.4 Å². The number of likely N-dealkylation sites (N-methyl/N-ethyl adjacent to an activating group) is 1. The number of hydrogen-bond donors (Lipinski definition) is 0. The maximum Gasteiger partial charge on any atom is 0.261 e. The molecule has 1 aromatic heterocycles. The Morgan fingerprint density at radius 3 is 2.52 bits per heavy atom. The number of ether oxygens (including phenoxy) is 2. The molecular formula is C20H21Cl2N3O3S. The van der Waals surface area contributed by atoms with Crippen molar-refractivity contribution < 1.29 is 14.3 Å². The number of anilines is 1. The molecule has 0 saturated heterocycles. The quantitative estimate of drug-likeness (QED) is 0.574. The summed E-state index contributed by atoms with van der Waals surface area (Å²) >= 11 is 7.73. The fraction of sp³-hybridized carbons (Fsp3) is 0.300. The Kier molecular flexibility index (Phi) is 6.85. The first-order valence-electron chi connectivity index (χ1n) is 8.94. The van der Waals surface area contributed by atoms with E-state index in [0.29, 0.717) is 53.5 Å². The van der Waals surface area contributed by atoms with E-state index in [0.717, 1.165) is 10.2 Å². The van der Waals surface area contributed by atoms with E-state index < -0.39 is 0 Å². The van der Waals surface area contributed by atoms with E-state index in [1.165, 1.54) is 11.3 Å². The highest BCUT2D eigenvalue weighted by molar-refractivity contribution is 7.22. The molecule has 0 unspecified atom stereocenters. The largest absolute Gasteiger partial charge is 0.486 e. The van der Waals surface area contributed by atoms with Gasteiger partial charge >= 0.3 is 0 Å². The third-order valence-corrected chi connectivity index (χ3v) is 5.76. The molecule has 0 spiro atoms. The van der Waals surface area contributed by atoms with Gasteiger partial charge in [-0.25, -0.2) is 4.98 Å². The molecule has 0 atom stereocenters. The number of amides is 1. The lowest BCUT2D eigenvalue weighted by molar-refractivity contribution is 0.0985. The number of carbonyl (C=O) groups excluding carboxylic acids is 1.